The minimum absolute atomic E-state index is 0.224. The predicted molar refractivity (Wildman–Crippen MR) is 150 cm³/mol. The molecule has 1 amide bonds. The first-order valence-electron chi connectivity index (χ1n) is 14.7. The van der Waals surface area contributed by atoms with E-state index in [1.165, 1.54) is 20.8 Å². The number of Topliss-reactive ketones (excluding diaryl/α,β-unsaturated/α-hetero) is 1. The fourth-order valence-corrected chi connectivity index (χ4v) is 8.02. The highest BCUT2D eigenvalue weighted by atomic mass is 16.6. The number of nitrogens with one attached hydrogen (secondary N) is 1. The van der Waals surface area contributed by atoms with E-state index in [2.05, 4.69) is 5.32 Å². The van der Waals surface area contributed by atoms with Crippen molar-refractivity contribution in [2.24, 2.45) is 29.1 Å². The molecule has 10 heteroatoms. The zero-order valence-corrected chi connectivity index (χ0v) is 24.9. The summed E-state index contributed by atoms with van der Waals surface area (Å²) in [6.45, 7) is 8.96. The van der Waals surface area contributed by atoms with Crippen LogP contribution in [0.1, 0.15) is 53.5 Å². The number of hydrogen-bond donors (Lipinski definition) is 3. The summed E-state index contributed by atoms with van der Waals surface area (Å²) in [6.07, 6.45) is -0.382. The van der Waals surface area contributed by atoms with Crippen LogP contribution in [0.5, 0.6) is 0 Å². The maximum absolute atomic E-state index is 14.6. The van der Waals surface area contributed by atoms with Crippen LogP contribution < -0.4 is 5.32 Å². The maximum atomic E-state index is 14.6. The molecule has 42 heavy (non-hydrogen) atoms. The Hall–Kier alpha value is -3.08. The highest BCUT2D eigenvalue weighted by Crippen LogP contribution is 2.62. The number of aliphatic hydroxyl groups is 2. The van der Waals surface area contributed by atoms with Crippen molar-refractivity contribution in [1.29, 1.82) is 0 Å². The number of benzene rings is 1. The van der Waals surface area contributed by atoms with Crippen molar-refractivity contribution in [2.45, 2.75) is 96.0 Å². The maximum Gasteiger partial charge on any atom is 0.303 e. The smallest absolute Gasteiger partial charge is 0.303 e. The van der Waals surface area contributed by atoms with E-state index in [0.717, 1.165) is 5.56 Å². The van der Waals surface area contributed by atoms with Crippen LogP contribution in [-0.2, 0) is 39.8 Å². The van der Waals surface area contributed by atoms with Gasteiger partial charge in [-0.25, -0.2) is 0 Å². The van der Waals surface area contributed by atoms with Crippen molar-refractivity contribution in [1.82, 2.24) is 5.32 Å². The molecule has 5 rings (SSSR count). The van der Waals surface area contributed by atoms with E-state index in [1.807, 2.05) is 37.3 Å². The first kappa shape index (κ1) is 30.4. The Balaban J connectivity index is 1.76. The van der Waals surface area contributed by atoms with Crippen molar-refractivity contribution >= 4 is 23.6 Å². The van der Waals surface area contributed by atoms with Crippen LogP contribution in [0.15, 0.2) is 42.5 Å². The minimum Gasteiger partial charge on any atom is -0.459 e. The molecular formula is C32H41NO9. The molecule has 2 aliphatic carbocycles. The van der Waals surface area contributed by atoms with Crippen molar-refractivity contribution in [3.05, 3.63) is 48.0 Å². The molecule has 0 bridgehead atoms. The number of fused-ring (bicyclic) bond motifs is 1. The summed E-state index contributed by atoms with van der Waals surface area (Å²) in [4.78, 5) is 53.1. The van der Waals surface area contributed by atoms with E-state index in [0.29, 0.717) is 6.42 Å². The second kappa shape index (κ2) is 10.6. The lowest BCUT2D eigenvalue weighted by molar-refractivity contribution is -0.234. The average molecular weight is 584 g/mol. The van der Waals surface area contributed by atoms with Crippen molar-refractivity contribution in [3.63, 3.8) is 0 Å². The van der Waals surface area contributed by atoms with Gasteiger partial charge in [-0.3, -0.25) is 19.2 Å². The molecular weight excluding hydrogens is 542 g/mol. The van der Waals surface area contributed by atoms with Crippen molar-refractivity contribution in [3.8, 4) is 0 Å². The molecule has 2 heterocycles. The van der Waals surface area contributed by atoms with Gasteiger partial charge < -0.3 is 29.7 Å². The van der Waals surface area contributed by atoms with Gasteiger partial charge in [0.05, 0.1) is 0 Å². The fraction of sp³-hybridized carbons (Fsp3) is 0.625. The quantitative estimate of drug-likeness (QED) is 0.274. The largest absolute Gasteiger partial charge is 0.459 e. The van der Waals surface area contributed by atoms with Crippen LogP contribution in [-0.4, -0.2) is 75.5 Å². The molecule has 2 saturated heterocycles. The highest BCUT2D eigenvalue weighted by molar-refractivity contribution is 5.91. The lowest BCUT2D eigenvalue weighted by atomic mass is 9.48. The van der Waals surface area contributed by atoms with Gasteiger partial charge in [0.15, 0.2) is 5.78 Å². The number of rotatable bonds is 4. The third-order valence-electron chi connectivity index (χ3n) is 10.1. The van der Waals surface area contributed by atoms with Gasteiger partial charge in [0.2, 0.25) is 5.91 Å². The lowest BCUT2D eigenvalue weighted by Crippen LogP contribution is -2.70. The molecule has 10 nitrogen and oxygen atoms in total. The van der Waals surface area contributed by atoms with E-state index >= 15 is 0 Å². The molecule has 2 aliphatic heterocycles. The molecule has 3 fully saturated rings. The van der Waals surface area contributed by atoms with Gasteiger partial charge in [0.1, 0.15) is 41.0 Å². The Morgan fingerprint density at radius 1 is 1.02 bits per heavy atom. The number of carbonyl (C=O) groups is 4. The Morgan fingerprint density at radius 3 is 2.26 bits per heavy atom. The number of hydrogen-bond acceptors (Lipinski definition) is 9. The number of carbonyl (C=O) groups excluding carboxylic acids is 4. The van der Waals surface area contributed by atoms with Gasteiger partial charge >= 0.3 is 11.9 Å². The van der Waals surface area contributed by atoms with E-state index in [9.17, 15) is 29.4 Å². The standard InChI is InChI=1S/C32H41NO9/c1-16-11-10-14-21-26(40-18(3)34)30(5,38)17(2)23-22(15-20-12-8-7-9-13-20)33-29(37)32(21,23)28(41-19(4)35)24-27(42-24)31(6,39)25(16)36/h7-10,12-14,16-17,21-24,26-28,38-39H,11,15H2,1-6H3,(H,33,37)/b14-10+/t16-,17-,21-,22-,23-,24+,26-,27-,28+,30-,31-,32-/m0/s1. The van der Waals surface area contributed by atoms with Gasteiger partial charge in [-0.2, -0.15) is 0 Å². The van der Waals surface area contributed by atoms with Gasteiger partial charge in [0, 0.05) is 37.6 Å². The normalized spacial score (nSPS) is 45.3. The minimum atomic E-state index is -1.90. The van der Waals surface area contributed by atoms with Crippen LogP contribution in [0.2, 0.25) is 0 Å². The molecule has 0 aromatic heterocycles. The summed E-state index contributed by atoms with van der Waals surface area (Å²) < 4.78 is 17.8. The van der Waals surface area contributed by atoms with E-state index < -0.39 is 94.4 Å². The van der Waals surface area contributed by atoms with Crippen LogP contribution in [0.3, 0.4) is 0 Å². The summed E-state index contributed by atoms with van der Waals surface area (Å²) in [5.74, 6) is -5.01. The summed E-state index contributed by atoms with van der Waals surface area (Å²) >= 11 is 0. The van der Waals surface area contributed by atoms with Crippen LogP contribution in [0.4, 0.5) is 0 Å². The van der Waals surface area contributed by atoms with Gasteiger partial charge in [-0.05, 0) is 38.2 Å². The second-order valence-corrected chi connectivity index (χ2v) is 12.9. The van der Waals surface area contributed by atoms with Crippen LogP contribution in [0.25, 0.3) is 0 Å². The van der Waals surface area contributed by atoms with E-state index in [1.54, 1.807) is 26.0 Å². The molecule has 1 aromatic carbocycles. The number of ketones is 1. The average Bonchev–Trinajstić information content (AvgIpc) is 3.66. The SMILES string of the molecule is CC(=O)O[C@@H]1[C@@H]2O[C@@H]2[C@@](C)(O)C(=O)[C@@H](C)C/C=C/[C@H]2[C@H](OC(C)=O)[C@@](C)(O)[C@@H](C)[C@H]3[C@H](Cc4ccccc4)NC(=O)[C@@]312. The van der Waals surface area contributed by atoms with Crippen LogP contribution in [0, 0.1) is 29.1 Å². The third kappa shape index (κ3) is 4.68. The number of ether oxygens (including phenoxy) is 3. The summed E-state index contributed by atoms with van der Waals surface area (Å²) in [7, 11) is 0. The van der Waals surface area contributed by atoms with Gasteiger partial charge in [-0.15, -0.1) is 0 Å². The monoisotopic (exact) mass is 583 g/mol. The number of amides is 1. The Bertz CT molecular complexity index is 1290. The number of allylic oxidation sites excluding steroid dienone is 1. The van der Waals surface area contributed by atoms with Crippen molar-refractivity contribution < 1.29 is 43.6 Å². The molecule has 1 saturated carbocycles. The number of epoxide rings is 1. The Morgan fingerprint density at radius 2 is 1.64 bits per heavy atom. The predicted octanol–water partition coefficient (Wildman–Crippen LogP) is 1.89. The molecule has 0 radical (unpaired) electrons. The molecule has 12 atom stereocenters. The third-order valence-corrected chi connectivity index (χ3v) is 10.1. The van der Waals surface area contributed by atoms with E-state index in [4.69, 9.17) is 14.2 Å². The van der Waals surface area contributed by atoms with E-state index in [-0.39, 0.29) is 6.42 Å². The topological polar surface area (TPSA) is 152 Å². The molecule has 228 valence electrons. The first-order valence-corrected chi connectivity index (χ1v) is 14.7. The molecule has 3 N–H and O–H groups in total. The highest BCUT2D eigenvalue weighted by Gasteiger charge is 2.77. The summed E-state index contributed by atoms with van der Waals surface area (Å²) in [5, 5.41) is 26.6. The summed E-state index contributed by atoms with van der Waals surface area (Å²) in [6, 6.07) is 9.12. The Kier molecular flexibility index (Phi) is 7.65. The van der Waals surface area contributed by atoms with Gasteiger partial charge in [-0.1, -0.05) is 56.3 Å². The first-order chi connectivity index (χ1) is 19.6. The molecule has 0 unspecified atom stereocenters. The summed E-state index contributed by atoms with van der Waals surface area (Å²) in [5.41, 5.74) is -4.10. The number of esters is 2. The molecule has 1 aromatic rings. The fourth-order valence-electron chi connectivity index (χ4n) is 8.02. The second-order valence-electron chi connectivity index (χ2n) is 12.9. The Labute approximate surface area is 245 Å². The van der Waals surface area contributed by atoms with Gasteiger partial charge in [0.25, 0.3) is 0 Å². The zero-order valence-electron chi connectivity index (χ0n) is 24.9. The molecule has 1 spiro atoms. The van der Waals surface area contributed by atoms with Crippen molar-refractivity contribution in [2.75, 3.05) is 0 Å². The molecule has 4 aliphatic rings. The lowest BCUT2D eigenvalue weighted by Gasteiger charge is -2.57. The van der Waals surface area contributed by atoms with Crippen LogP contribution >= 0.6 is 0 Å². The zero-order chi connectivity index (χ0) is 30.8.